The van der Waals surface area contributed by atoms with E-state index in [1.807, 2.05) is 24.3 Å². The molecule has 4 heteroatoms. The van der Waals surface area contributed by atoms with Crippen LogP contribution >= 0.6 is 0 Å². The van der Waals surface area contributed by atoms with Crippen LogP contribution in [0.1, 0.15) is 31.2 Å². The third-order valence-electron chi connectivity index (χ3n) is 5.48. The Morgan fingerprint density at radius 3 is 2.30 bits per heavy atom. The van der Waals surface area contributed by atoms with Crippen molar-refractivity contribution in [3.8, 4) is 0 Å². The van der Waals surface area contributed by atoms with E-state index in [0.717, 1.165) is 23.8 Å². The Hall–Kier alpha value is -1.68. The van der Waals surface area contributed by atoms with Gasteiger partial charge in [-0.3, -0.25) is 4.79 Å². The van der Waals surface area contributed by atoms with Crippen molar-refractivity contribution < 1.29 is 13.2 Å². The second kappa shape index (κ2) is 5.45. The molecule has 0 radical (unpaired) electrons. The van der Waals surface area contributed by atoms with Crippen LogP contribution in [0.5, 0.6) is 0 Å². The van der Waals surface area contributed by atoms with Gasteiger partial charge in [0.1, 0.15) is 5.78 Å². The number of sulfone groups is 1. The van der Waals surface area contributed by atoms with E-state index in [2.05, 4.69) is 18.2 Å². The molecule has 2 unspecified atom stereocenters. The van der Waals surface area contributed by atoms with Gasteiger partial charge in [-0.25, -0.2) is 8.42 Å². The van der Waals surface area contributed by atoms with Gasteiger partial charge in [0, 0.05) is 12.3 Å². The molecule has 0 spiro atoms. The van der Waals surface area contributed by atoms with Gasteiger partial charge in [-0.1, -0.05) is 42.5 Å². The maximum atomic E-state index is 12.6. The number of benzene rings is 2. The minimum absolute atomic E-state index is 0.0810. The lowest BCUT2D eigenvalue weighted by atomic mass is 9.90. The van der Waals surface area contributed by atoms with Crippen LogP contribution in [0.4, 0.5) is 0 Å². The Morgan fingerprint density at radius 1 is 0.957 bits per heavy atom. The normalized spacial score (nSPS) is 28.8. The zero-order chi connectivity index (χ0) is 16.0. The Bertz CT molecular complexity index is 849. The van der Waals surface area contributed by atoms with Gasteiger partial charge < -0.3 is 0 Å². The molecule has 0 aromatic heterocycles. The second-order valence-corrected chi connectivity index (χ2v) is 9.41. The van der Waals surface area contributed by atoms with E-state index in [0.29, 0.717) is 19.3 Å². The smallest absolute Gasteiger partial charge is 0.156 e. The van der Waals surface area contributed by atoms with E-state index in [9.17, 15) is 13.2 Å². The number of fused-ring (bicyclic) bond motifs is 3. The fraction of sp³-hybridized carbons (Fsp3) is 0.421. The summed E-state index contributed by atoms with van der Waals surface area (Å²) in [5.74, 6) is 0.120. The predicted molar refractivity (Wildman–Crippen MR) is 91.1 cm³/mol. The number of hydrogen-bond acceptors (Lipinski definition) is 3. The summed E-state index contributed by atoms with van der Waals surface area (Å²) < 4.78 is 24.3. The van der Waals surface area contributed by atoms with Gasteiger partial charge in [-0.15, -0.1) is 0 Å². The number of hydrogen-bond donors (Lipinski definition) is 0. The molecule has 2 atom stereocenters. The topological polar surface area (TPSA) is 51.2 Å². The fourth-order valence-electron chi connectivity index (χ4n) is 4.16. The predicted octanol–water partition coefficient (Wildman–Crippen LogP) is 3.31. The zero-order valence-electron chi connectivity index (χ0n) is 12.9. The van der Waals surface area contributed by atoms with Gasteiger partial charge in [0.2, 0.25) is 0 Å². The van der Waals surface area contributed by atoms with Crippen molar-refractivity contribution in [1.82, 2.24) is 0 Å². The maximum absolute atomic E-state index is 12.6. The van der Waals surface area contributed by atoms with Gasteiger partial charge in [-0.2, -0.15) is 0 Å². The molecule has 2 saturated heterocycles. The molecule has 4 rings (SSSR count). The lowest BCUT2D eigenvalue weighted by Crippen LogP contribution is -2.36. The molecule has 2 aliphatic heterocycles. The highest BCUT2D eigenvalue weighted by molar-refractivity contribution is 7.93. The molecule has 0 amide bonds. The van der Waals surface area contributed by atoms with E-state index in [4.69, 9.17) is 0 Å². The Labute approximate surface area is 136 Å². The van der Waals surface area contributed by atoms with E-state index in [1.165, 1.54) is 5.39 Å². The SMILES string of the molecule is O=C(Cc1ccc2ccccc2c1)C1CC2CCC(C1)S2(=O)=O. The van der Waals surface area contributed by atoms with Crippen molar-refractivity contribution in [2.75, 3.05) is 0 Å². The quantitative estimate of drug-likeness (QED) is 0.868. The first-order valence-corrected chi connectivity index (χ1v) is 9.88. The minimum atomic E-state index is -2.95. The summed E-state index contributed by atoms with van der Waals surface area (Å²) in [5.41, 5.74) is 1.02. The molecular formula is C19H20O3S. The lowest BCUT2D eigenvalue weighted by Gasteiger charge is -2.27. The average molecular weight is 328 g/mol. The largest absolute Gasteiger partial charge is 0.299 e. The Kier molecular flexibility index (Phi) is 3.52. The van der Waals surface area contributed by atoms with Crippen molar-refractivity contribution in [3.05, 3.63) is 48.0 Å². The summed E-state index contributed by atoms with van der Waals surface area (Å²) in [5, 5.41) is 1.77. The summed E-state index contributed by atoms with van der Waals surface area (Å²) in [4.78, 5) is 12.6. The molecule has 0 N–H and O–H groups in total. The molecule has 0 saturated carbocycles. The molecule has 2 aromatic carbocycles. The van der Waals surface area contributed by atoms with Crippen LogP contribution in [0, 0.1) is 5.92 Å². The fourth-order valence-corrected chi connectivity index (χ4v) is 6.64. The summed E-state index contributed by atoms with van der Waals surface area (Å²) in [6.45, 7) is 0. The monoisotopic (exact) mass is 328 g/mol. The van der Waals surface area contributed by atoms with Crippen LogP contribution in [-0.4, -0.2) is 24.7 Å². The Morgan fingerprint density at radius 2 is 1.61 bits per heavy atom. The van der Waals surface area contributed by atoms with Gasteiger partial charge >= 0.3 is 0 Å². The maximum Gasteiger partial charge on any atom is 0.156 e. The molecule has 2 fully saturated rings. The highest BCUT2D eigenvalue weighted by Crippen LogP contribution is 2.41. The van der Waals surface area contributed by atoms with Gasteiger partial charge in [-0.05, 0) is 42.0 Å². The van der Waals surface area contributed by atoms with Crippen molar-refractivity contribution in [1.29, 1.82) is 0 Å². The molecule has 2 bridgehead atoms. The molecule has 2 heterocycles. The number of Topliss-reactive ketones (excluding diaryl/α,β-unsaturated/α-hetero) is 1. The lowest BCUT2D eigenvalue weighted by molar-refractivity contribution is -0.122. The van der Waals surface area contributed by atoms with Crippen LogP contribution in [0.2, 0.25) is 0 Å². The first kappa shape index (κ1) is 14.9. The number of rotatable bonds is 3. The zero-order valence-corrected chi connectivity index (χ0v) is 13.8. The molecule has 3 nitrogen and oxygen atoms in total. The molecule has 120 valence electrons. The molecule has 2 aliphatic rings. The van der Waals surface area contributed by atoms with Crippen LogP contribution in [-0.2, 0) is 21.1 Å². The van der Waals surface area contributed by atoms with E-state index >= 15 is 0 Å². The second-order valence-electron chi connectivity index (χ2n) is 6.90. The van der Waals surface area contributed by atoms with Crippen LogP contribution in [0.3, 0.4) is 0 Å². The van der Waals surface area contributed by atoms with Crippen LogP contribution < -0.4 is 0 Å². The summed E-state index contributed by atoms with van der Waals surface area (Å²) in [6.07, 6.45) is 2.96. The summed E-state index contributed by atoms with van der Waals surface area (Å²) in [7, 11) is -2.95. The van der Waals surface area contributed by atoms with Crippen molar-refractivity contribution in [2.45, 2.75) is 42.6 Å². The molecule has 23 heavy (non-hydrogen) atoms. The first-order valence-electron chi connectivity index (χ1n) is 8.27. The number of ketones is 1. The standard InChI is InChI=1S/C19H20O3S/c20-19(16-11-17-7-8-18(12-16)23(17,21)22)10-13-5-6-14-3-1-2-4-15(14)9-13/h1-6,9,16-18H,7-8,10-12H2. The highest BCUT2D eigenvalue weighted by Gasteiger charge is 2.48. The van der Waals surface area contributed by atoms with Crippen LogP contribution in [0.25, 0.3) is 10.8 Å². The van der Waals surface area contributed by atoms with Crippen LogP contribution in [0.15, 0.2) is 42.5 Å². The van der Waals surface area contributed by atoms with E-state index < -0.39 is 9.84 Å². The summed E-state index contributed by atoms with van der Waals surface area (Å²) >= 11 is 0. The van der Waals surface area contributed by atoms with Crippen molar-refractivity contribution >= 4 is 26.4 Å². The Balaban J connectivity index is 1.51. The molecule has 0 aliphatic carbocycles. The van der Waals surface area contributed by atoms with Crippen molar-refractivity contribution in [2.24, 2.45) is 5.92 Å². The van der Waals surface area contributed by atoms with Crippen molar-refractivity contribution in [3.63, 3.8) is 0 Å². The minimum Gasteiger partial charge on any atom is -0.299 e. The van der Waals surface area contributed by atoms with Gasteiger partial charge in [0.15, 0.2) is 9.84 Å². The third-order valence-corrected chi connectivity index (χ3v) is 8.20. The number of carbonyl (C=O) groups excluding carboxylic acids is 1. The average Bonchev–Trinajstić information content (AvgIpc) is 2.73. The van der Waals surface area contributed by atoms with Gasteiger partial charge in [0.05, 0.1) is 10.5 Å². The first-order chi connectivity index (χ1) is 11.0. The number of carbonyl (C=O) groups is 1. The van der Waals surface area contributed by atoms with Gasteiger partial charge in [0.25, 0.3) is 0 Å². The van der Waals surface area contributed by atoms with E-state index in [1.54, 1.807) is 0 Å². The highest BCUT2D eigenvalue weighted by atomic mass is 32.2. The molecule has 2 aromatic rings. The molecular weight excluding hydrogens is 308 g/mol. The van der Waals surface area contributed by atoms with E-state index in [-0.39, 0.29) is 22.2 Å². The summed E-state index contributed by atoms with van der Waals surface area (Å²) in [6, 6.07) is 14.2. The third kappa shape index (κ3) is 2.59.